The Kier molecular flexibility index (Phi) is 5.02. The SMILES string of the molecule is Cn1ccnc1CNC(=O)Cc1csc(-c2ccccc2CN)n1. The summed E-state index contributed by atoms with van der Waals surface area (Å²) in [7, 11) is 1.90. The largest absolute Gasteiger partial charge is 0.349 e. The number of amides is 1. The fraction of sp³-hybridized carbons (Fsp3) is 0.235. The minimum atomic E-state index is -0.0676. The van der Waals surface area contributed by atoms with Crippen molar-refractivity contribution < 1.29 is 4.79 Å². The summed E-state index contributed by atoms with van der Waals surface area (Å²) in [6.45, 7) is 0.880. The van der Waals surface area contributed by atoms with Gasteiger partial charge < -0.3 is 15.6 Å². The molecule has 2 heterocycles. The van der Waals surface area contributed by atoms with Crippen molar-refractivity contribution >= 4 is 17.2 Å². The summed E-state index contributed by atoms with van der Waals surface area (Å²) in [5, 5.41) is 5.68. The molecule has 0 radical (unpaired) electrons. The Labute approximate surface area is 144 Å². The van der Waals surface area contributed by atoms with Crippen LogP contribution in [0.15, 0.2) is 42.0 Å². The smallest absolute Gasteiger partial charge is 0.226 e. The van der Waals surface area contributed by atoms with Gasteiger partial charge in [-0.25, -0.2) is 9.97 Å². The first-order chi connectivity index (χ1) is 11.7. The summed E-state index contributed by atoms with van der Waals surface area (Å²) in [5.41, 5.74) is 8.63. The molecule has 1 amide bonds. The quantitative estimate of drug-likeness (QED) is 0.716. The number of thiazole rings is 1. The zero-order chi connectivity index (χ0) is 16.9. The van der Waals surface area contributed by atoms with Crippen molar-refractivity contribution in [3.05, 3.63) is 59.1 Å². The van der Waals surface area contributed by atoms with Crippen LogP contribution in [0.25, 0.3) is 10.6 Å². The van der Waals surface area contributed by atoms with Crippen LogP contribution in [0.4, 0.5) is 0 Å². The van der Waals surface area contributed by atoms with E-state index in [0.29, 0.717) is 13.1 Å². The van der Waals surface area contributed by atoms with Gasteiger partial charge in [-0.1, -0.05) is 24.3 Å². The number of nitrogens with one attached hydrogen (secondary N) is 1. The summed E-state index contributed by atoms with van der Waals surface area (Å²) in [6, 6.07) is 7.93. The molecule has 0 spiro atoms. The summed E-state index contributed by atoms with van der Waals surface area (Å²) >= 11 is 1.53. The van der Waals surface area contributed by atoms with Crippen LogP contribution in [0, 0.1) is 0 Å². The van der Waals surface area contributed by atoms with E-state index in [4.69, 9.17) is 5.73 Å². The Balaban J connectivity index is 1.63. The third-order valence-corrected chi connectivity index (χ3v) is 4.65. The van der Waals surface area contributed by atoms with Gasteiger partial charge in [-0.05, 0) is 5.56 Å². The normalized spacial score (nSPS) is 10.8. The van der Waals surface area contributed by atoms with Gasteiger partial charge in [-0.2, -0.15) is 0 Å². The number of carbonyl (C=O) groups is 1. The molecule has 3 aromatic rings. The molecule has 2 aromatic heterocycles. The minimum absolute atomic E-state index is 0.0676. The van der Waals surface area contributed by atoms with Gasteiger partial charge in [0.2, 0.25) is 5.91 Å². The second-order valence-corrected chi connectivity index (χ2v) is 6.27. The van der Waals surface area contributed by atoms with Crippen LogP contribution in [-0.4, -0.2) is 20.4 Å². The first kappa shape index (κ1) is 16.4. The molecule has 0 aliphatic heterocycles. The summed E-state index contributed by atoms with van der Waals surface area (Å²) in [5.74, 6) is 0.751. The Morgan fingerprint density at radius 3 is 2.96 bits per heavy atom. The van der Waals surface area contributed by atoms with Crippen molar-refractivity contribution in [2.75, 3.05) is 0 Å². The topological polar surface area (TPSA) is 85.8 Å². The Bertz CT molecular complexity index is 839. The molecule has 7 heteroatoms. The molecule has 0 atom stereocenters. The first-order valence-electron chi connectivity index (χ1n) is 7.63. The Hall–Kier alpha value is -2.51. The number of aryl methyl sites for hydroxylation is 1. The number of carbonyl (C=O) groups excluding carboxylic acids is 1. The molecule has 0 aliphatic carbocycles. The molecule has 24 heavy (non-hydrogen) atoms. The number of hydrogen-bond acceptors (Lipinski definition) is 5. The van der Waals surface area contributed by atoms with Gasteiger partial charge in [0.05, 0.1) is 18.7 Å². The van der Waals surface area contributed by atoms with Crippen molar-refractivity contribution in [1.29, 1.82) is 0 Å². The predicted molar refractivity (Wildman–Crippen MR) is 94.2 cm³/mol. The van der Waals surface area contributed by atoms with E-state index >= 15 is 0 Å². The van der Waals surface area contributed by atoms with Crippen molar-refractivity contribution in [3.63, 3.8) is 0 Å². The second-order valence-electron chi connectivity index (χ2n) is 5.41. The lowest BCUT2D eigenvalue weighted by molar-refractivity contribution is -0.120. The molecular weight excluding hydrogens is 322 g/mol. The summed E-state index contributed by atoms with van der Waals surface area (Å²) in [6.07, 6.45) is 3.82. The van der Waals surface area contributed by atoms with Crippen LogP contribution in [0.3, 0.4) is 0 Å². The number of hydrogen-bond donors (Lipinski definition) is 2. The van der Waals surface area contributed by atoms with Crippen LogP contribution in [-0.2, 0) is 31.4 Å². The van der Waals surface area contributed by atoms with Gasteiger partial charge in [-0.3, -0.25) is 4.79 Å². The van der Waals surface area contributed by atoms with E-state index in [1.54, 1.807) is 6.20 Å². The van der Waals surface area contributed by atoms with E-state index in [1.807, 2.05) is 47.5 Å². The monoisotopic (exact) mass is 341 g/mol. The third-order valence-electron chi connectivity index (χ3n) is 3.73. The molecule has 3 rings (SSSR count). The number of nitrogens with two attached hydrogens (primary N) is 1. The van der Waals surface area contributed by atoms with Gasteiger partial charge >= 0.3 is 0 Å². The van der Waals surface area contributed by atoms with Gasteiger partial charge in [0.1, 0.15) is 10.8 Å². The van der Waals surface area contributed by atoms with E-state index in [9.17, 15) is 4.79 Å². The van der Waals surface area contributed by atoms with Gasteiger partial charge in [-0.15, -0.1) is 11.3 Å². The van der Waals surface area contributed by atoms with Crippen LogP contribution < -0.4 is 11.1 Å². The second kappa shape index (κ2) is 7.37. The highest BCUT2D eigenvalue weighted by Gasteiger charge is 2.11. The van der Waals surface area contributed by atoms with E-state index in [1.165, 1.54) is 11.3 Å². The van der Waals surface area contributed by atoms with E-state index in [2.05, 4.69) is 15.3 Å². The molecule has 3 N–H and O–H groups in total. The Morgan fingerprint density at radius 1 is 1.38 bits per heavy atom. The highest BCUT2D eigenvalue weighted by Crippen LogP contribution is 2.27. The van der Waals surface area contributed by atoms with Crippen LogP contribution >= 0.6 is 11.3 Å². The average molecular weight is 341 g/mol. The van der Waals surface area contributed by atoms with Crippen molar-refractivity contribution in [2.24, 2.45) is 12.8 Å². The molecule has 6 nitrogen and oxygen atoms in total. The van der Waals surface area contributed by atoms with Crippen LogP contribution in [0.1, 0.15) is 17.1 Å². The first-order valence-corrected chi connectivity index (χ1v) is 8.51. The molecule has 0 fully saturated rings. The van der Waals surface area contributed by atoms with Gasteiger partial charge in [0, 0.05) is 36.9 Å². The molecule has 0 saturated heterocycles. The molecular formula is C17H19N5OS. The number of benzene rings is 1. The molecule has 124 valence electrons. The number of imidazole rings is 1. The van der Waals surface area contributed by atoms with E-state index < -0.39 is 0 Å². The van der Waals surface area contributed by atoms with Crippen LogP contribution in [0.2, 0.25) is 0 Å². The minimum Gasteiger partial charge on any atom is -0.349 e. The number of rotatable bonds is 6. The maximum absolute atomic E-state index is 12.1. The number of nitrogens with zero attached hydrogens (tertiary/aromatic N) is 3. The predicted octanol–water partition coefficient (Wildman–Crippen LogP) is 1.86. The fourth-order valence-corrected chi connectivity index (χ4v) is 3.27. The Morgan fingerprint density at radius 2 is 2.21 bits per heavy atom. The highest BCUT2D eigenvalue weighted by atomic mass is 32.1. The highest BCUT2D eigenvalue weighted by molar-refractivity contribution is 7.13. The molecule has 1 aromatic carbocycles. The summed E-state index contributed by atoms with van der Waals surface area (Å²) in [4.78, 5) is 20.8. The zero-order valence-corrected chi connectivity index (χ0v) is 14.2. The lowest BCUT2D eigenvalue weighted by Crippen LogP contribution is -2.26. The van der Waals surface area contributed by atoms with Crippen LogP contribution in [0.5, 0.6) is 0 Å². The van der Waals surface area contributed by atoms with Gasteiger partial charge in [0.15, 0.2) is 0 Å². The molecule has 0 saturated carbocycles. The lowest BCUT2D eigenvalue weighted by Gasteiger charge is -2.05. The van der Waals surface area contributed by atoms with Crippen molar-refractivity contribution in [2.45, 2.75) is 19.5 Å². The molecule has 0 unspecified atom stereocenters. The number of aromatic nitrogens is 3. The zero-order valence-electron chi connectivity index (χ0n) is 13.4. The molecule has 0 aliphatic rings. The fourth-order valence-electron chi connectivity index (χ4n) is 2.39. The third kappa shape index (κ3) is 3.69. The summed E-state index contributed by atoms with van der Waals surface area (Å²) < 4.78 is 1.88. The van der Waals surface area contributed by atoms with E-state index in [-0.39, 0.29) is 12.3 Å². The molecule has 0 bridgehead atoms. The van der Waals surface area contributed by atoms with Crippen molar-refractivity contribution in [3.8, 4) is 10.6 Å². The maximum atomic E-state index is 12.1. The maximum Gasteiger partial charge on any atom is 0.226 e. The van der Waals surface area contributed by atoms with Crippen molar-refractivity contribution in [1.82, 2.24) is 19.9 Å². The lowest BCUT2D eigenvalue weighted by atomic mass is 10.1. The average Bonchev–Trinajstić information content (AvgIpc) is 3.22. The van der Waals surface area contributed by atoms with E-state index in [0.717, 1.165) is 27.7 Å². The standard InChI is InChI=1S/C17H19N5OS/c1-22-7-6-19-15(22)10-20-16(23)8-13-11-24-17(21-13)14-5-3-2-4-12(14)9-18/h2-7,11H,8-10,18H2,1H3,(H,20,23). The van der Waals surface area contributed by atoms with Gasteiger partial charge in [0.25, 0.3) is 0 Å².